The first-order chi connectivity index (χ1) is 6.00. The Labute approximate surface area is 75.7 Å². The van der Waals surface area contributed by atoms with Gasteiger partial charge < -0.3 is 0 Å². The van der Waals surface area contributed by atoms with E-state index in [9.17, 15) is 0 Å². The second kappa shape index (κ2) is 6.90. The zero-order valence-electron chi connectivity index (χ0n) is 7.58. The van der Waals surface area contributed by atoms with Gasteiger partial charge in [0.25, 0.3) is 0 Å². The topological polar surface area (TPSA) is 0 Å². The molecule has 0 spiro atoms. The van der Waals surface area contributed by atoms with Gasteiger partial charge in [-0.2, -0.15) is 0 Å². The summed E-state index contributed by atoms with van der Waals surface area (Å²) in [4.78, 5) is 0. The molecule has 0 unspecified atom stereocenters. The molecule has 0 saturated carbocycles. The van der Waals surface area contributed by atoms with Crippen molar-refractivity contribution >= 4 is 0 Å². The first-order valence-electron chi connectivity index (χ1n) is 4.80. The van der Waals surface area contributed by atoms with Gasteiger partial charge in [-0.15, -0.1) is 0 Å². The molecule has 0 fully saturated rings. The lowest BCUT2D eigenvalue weighted by Gasteiger charge is -1.93. The third-order valence-corrected chi connectivity index (χ3v) is 1.90. The van der Waals surface area contributed by atoms with Gasteiger partial charge in [0, 0.05) is 0 Å². The molecular weight excluding hydrogens is 144 g/mol. The normalized spacial score (nSPS) is 28.0. The van der Waals surface area contributed by atoms with Gasteiger partial charge in [-0.05, 0) is 38.5 Å². The second-order valence-corrected chi connectivity index (χ2v) is 3.03. The lowest BCUT2D eigenvalue weighted by Crippen LogP contribution is -1.74. The van der Waals surface area contributed by atoms with Crippen LogP contribution in [0.4, 0.5) is 0 Å². The maximum Gasteiger partial charge on any atom is -0.0167 e. The van der Waals surface area contributed by atoms with Crippen LogP contribution in [0.15, 0.2) is 36.5 Å². The van der Waals surface area contributed by atoms with E-state index in [0.717, 1.165) is 0 Å². The molecule has 0 N–H and O–H groups in total. The number of allylic oxidation sites excluding steroid dienone is 6. The standard InChI is InChI=1S/C12H17/c1-2-4-6-8-10-12-11-9-7-5-3-1/h1-5,10,12H,6-9,11H2/b3-1-,4-2+,12-10+. The van der Waals surface area contributed by atoms with E-state index in [-0.39, 0.29) is 0 Å². The summed E-state index contributed by atoms with van der Waals surface area (Å²) >= 11 is 0. The van der Waals surface area contributed by atoms with Crippen molar-refractivity contribution < 1.29 is 0 Å². The predicted octanol–water partition coefficient (Wildman–Crippen LogP) is 3.82. The van der Waals surface area contributed by atoms with Crippen molar-refractivity contribution in [2.24, 2.45) is 0 Å². The minimum atomic E-state index is 1.17. The lowest BCUT2D eigenvalue weighted by molar-refractivity contribution is 0.838. The van der Waals surface area contributed by atoms with Crippen LogP contribution in [0.1, 0.15) is 32.1 Å². The monoisotopic (exact) mass is 161 g/mol. The summed E-state index contributed by atoms with van der Waals surface area (Å²) < 4.78 is 0. The fourth-order valence-corrected chi connectivity index (χ4v) is 1.20. The molecule has 0 nitrogen and oxygen atoms in total. The van der Waals surface area contributed by atoms with Crippen molar-refractivity contribution in [2.45, 2.75) is 32.1 Å². The number of rotatable bonds is 0. The summed E-state index contributed by atoms with van der Waals surface area (Å²) in [5.74, 6) is 0. The van der Waals surface area contributed by atoms with Crippen LogP contribution in [0.25, 0.3) is 0 Å². The van der Waals surface area contributed by atoms with E-state index in [1.54, 1.807) is 0 Å². The van der Waals surface area contributed by atoms with Crippen LogP contribution in [-0.4, -0.2) is 0 Å². The van der Waals surface area contributed by atoms with E-state index in [4.69, 9.17) is 0 Å². The highest BCUT2D eigenvalue weighted by Crippen LogP contribution is 2.03. The molecule has 0 aromatic heterocycles. The fraction of sp³-hybridized carbons (Fsp3) is 0.417. The molecule has 1 rings (SSSR count). The Balaban J connectivity index is 2.31. The van der Waals surface area contributed by atoms with Crippen LogP contribution in [-0.2, 0) is 0 Å². The lowest BCUT2D eigenvalue weighted by atomic mass is 10.1. The van der Waals surface area contributed by atoms with Gasteiger partial charge in [0.05, 0.1) is 0 Å². The summed E-state index contributed by atoms with van der Waals surface area (Å²) in [5, 5.41) is 0. The van der Waals surface area contributed by atoms with Crippen LogP contribution in [0, 0.1) is 6.42 Å². The molecule has 0 saturated heterocycles. The van der Waals surface area contributed by atoms with Gasteiger partial charge in [-0.1, -0.05) is 36.5 Å². The maximum absolute atomic E-state index is 2.30. The van der Waals surface area contributed by atoms with Gasteiger partial charge in [0.1, 0.15) is 0 Å². The summed E-state index contributed by atoms with van der Waals surface area (Å²) in [5.41, 5.74) is 0. The molecule has 0 bridgehead atoms. The molecular formula is C12H17. The molecule has 1 radical (unpaired) electrons. The van der Waals surface area contributed by atoms with Crippen LogP contribution in [0.3, 0.4) is 0 Å². The van der Waals surface area contributed by atoms with Crippen molar-refractivity contribution in [1.29, 1.82) is 0 Å². The van der Waals surface area contributed by atoms with E-state index in [1.807, 2.05) is 0 Å². The van der Waals surface area contributed by atoms with Gasteiger partial charge in [-0.25, -0.2) is 0 Å². The Morgan fingerprint density at radius 3 is 2.42 bits per heavy atom. The van der Waals surface area contributed by atoms with Crippen molar-refractivity contribution in [1.82, 2.24) is 0 Å². The third-order valence-electron chi connectivity index (χ3n) is 1.90. The molecule has 0 heterocycles. The van der Waals surface area contributed by atoms with Crippen molar-refractivity contribution in [3.05, 3.63) is 42.9 Å². The van der Waals surface area contributed by atoms with Crippen LogP contribution < -0.4 is 0 Å². The van der Waals surface area contributed by atoms with Crippen molar-refractivity contribution in [2.75, 3.05) is 0 Å². The van der Waals surface area contributed by atoms with E-state index >= 15 is 0 Å². The van der Waals surface area contributed by atoms with E-state index in [1.165, 1.54) is 32.1 Å². The molecule has 1 aliphatic carbocycles. The molecule has 0 aromatic rings. The molecule has 0 amide bonds. The highest BCUT2D eigenvalue weighted by atomic mass is 13.9. The number of hydrogen-bond acceptors (Lipinski definition) is 0. The molecule has 0 aromatic carbocycles. The Bertz CT molecular complexity index is 172. The highest BCUT2D eigenvalue weighted by molar-refractivity contribution is 5.08. The Morgan fingerprint density at radius 1 is 0.583 bits per heavy atom. The summed E-state index contributed by atoms with van der Waals surface area (Å²) in [7, 11) is 0. The Hall–Kier alpha value is -0.780. The van der Waals surface area contributed by atoms with Gasteiger partial charge >= 0.3 is 0 Å². The first-order valence-corrected chi connectivity index (χ1v) is 4.80. The molecule has 0 heteroatoms. The number of hydrogen-bond donors (Lipinski definition) is 0. The van der Waals surface area contributed by atoms with Crippen molar-refractivity contribution in [3.63, 3.8) is 0 Å². The van der Waals surface area contributed by atoms with E-state index < -0.39 is 0 Å². The molecule has 12 heavy (non-hydrogen) atoms. The molecule has 0 aliphatic heterocycles. The van der Waals surface area contributed by atoms with Gasteiger partial charge in [-0.3, -0.25) is 0 Å². The smallest absolute Gasteiger partial charge is 0.0167 e. The fourth-order valence-electron chi connectivity index (χ4n) is 1.20. The minimum Gasteiger partial charge on any atom is -0.0885 e. The average Bonchev–Trinajstić information content (AvgIpc) is 2.05. The molecule has 1 aliphatic rings. The third kappa shape index (κ3) is 4.95. The second-order valence-electron chi connectivity index (χ2n) is 3.03. The van der Waals surface area contributed by atoms with E-state index in [0.29, 0.717) is 0 Å². The van der Waals surface area contributed by atoms with Crippen LogP contribution >= 0.6 is 0 Å². The zero-order valence-corrected chi connectivity index (χ0v) is 7.58. The quantitative estimate of drug-likeness (QED) is 0.474. The van der Waals surface area contributed by atoms with Gasteiger partial charge in [0.15, 0.2) is 0 Å². The Morgan fingerprint density at radius 2 is 1.42 bits per heavy atom. The minimum absolute atomic E-state index is 1.17. The van der Waals surface area contributed by atoms with Crippen molar-refractivity contribution in [3.8, 4) is 0 Å². The highest BCUT2D eigenvalue weighted by Gasteiger charge is 1.84. The summed E-state index contributed by atoms with van der Waals surface area (Å²) in [6.07, 6.45) is 21.5. The zero-order chi connectivity index (χ0) is 8.49. The molecule has 65 valence electrons. The maximum atomic E-state index is 2.30. The summed E-state index contributed by atoms with van der Waals surface area (Å²) in [6, 6.07) is 0. The largest absolute Gasteiger partial charge is 0.0885 e. The molecule has 0 atom stereocenters. The predicted molar refractivity (Wildman–Crippen MR) is 54.8 cm³/mol. The first kappa shape index (κ1) is 9.31. The SMILES string of the molecule is [CH]1/C=C\C=C\CC/C=C/CCC1. The summed E-state index contributed by atoms with van der Waals surface area (Å²) in [6.45, 7) is 0. The van der Waals surface area contributed by atoms with Crippen LogP contribution in [0.5, 0.6) is 0 Å². The van der Waals surface area contributed by atoms with E-state index in [2.05, 4.69) is 42.9 Å². The Kier molecular flexibility index (Phi) is 5.35. The van der Waals surface area contributed by atoms with Gasteiger partial charge in [0.2, 0.25) is 0 Å². The van der Waals surface area contributed by atoms with Crippen LogP contribution in [0.2, 0.25) is 0 Å². The average molecular weight is 161 g/mol.